The topological polar surface area (TPSA) is 88.9 Å². The summed E-state index contributed by atoms with van der Waals surface area (Å²) in [5.74, 6) is 0.0312. The van der Waals surface area contributed by atoms with E-state index in [0.717, 1.165) is 0 Å². The number of rotatable bonds is 8. The van der Waals surface area contributed by atoms with E-state index in [1.165, 1.54) is 34.8 Å². The molecule has 7 nitrogen and oxygen atoms in total. The van der Waals surface area contributed by atoms with Gasteiger partial charge < -0.3 is 14.5 Å². The van der Waals surface area contributed by atoms with E-state index in [2.05, 4.69) is 5.32 Å². The summed E-state index contributed by atoms with van der Waals surface area (Å²) in [7, 11) is -3.64. The number of hydrogen-bond donors (Lipinski definition) is 1. The van der Waals surface area contributed by atoms with Gasteiger partial charge in [0.2, 0.25) is 10.0 Å². The van der Waals surface area contributed by atoms with Gasteiger partial charge in [-0.3, -0.25) is 4.79 Å². The van der Waals surface area contributed by atoms with Crippen LogP contribution in [0.2, 0.25) is 0 Å². The highest BCUT2D eigenvalue weighted by Gasteiger charge is 2.23. The van der Waals surface area contributed by atoms with E-state index in [9.17, 15) is 13.2 Å². The van der Waals surface area contributed by atoms with Gasteiger partial charge in [0.1, 0.15) is 5.75 Å². The summed E-state index contributed by atoms with van der Waals surface area (Å²) in [6.45, 7) is 6.45. The summed E-state index contributed by atoms with van der Waals surface area (Å²) in [5.41, 5.74) is 0.275. The number of nitrogens with one attached hydrogen (secondary N) is 1. The van der Waals surface area contributed by atoms with Crippen molar-refractivity contribution in [1.82, 2.24) is 4.31 Å². The third-order valence-corrected chi connectivity index (χ3v) is 5.63. The van der Waals surface area contributed by atoms with E-state index in [0.29, 0.717) is 25.4 Å². The molecule has 0 aliphatic carbocycles. The van der Waals surface area contributed by atoms with Gasteiger partial charge >= 0.3 is 0 Å². The minimum absolute atomic E-state index is 0.0920. The van der Waals surface area contributed by atoms with Crippen molar-refractivity contribution in [1.29, 1.82) is 0 Å². The zero-order valence-corrected chi connectivity index (χ0v) is 15.3. The molecule has 2 aromatic rings. The molecule has 8 heteroatoms. The van der Waals surface area contributed by atoms with Gasteiger partial charge in [-0.15, -0.1) is 0 Å². The molecule has 0 bridgehead atoms. The average molecular weight is 366 g/mol. The largest absolute Gasteiger partial charge is 0.492 e. The molecule has 0 fully saturated rings. The first-order valence-electron chi connectivity index (χ1n) is 8.05. The van der Waals surface area contributed by atoms with Crippen LogP contribution in [0.1, 0.15) is 31.3 Å². The molecule has 1 aromatic carbocycles. The highest BCUT2D eigenvalue weighted by Crippen LogP contribution is 2.29. The number of nitrogens with zero attached hydrogens (tertiary/aromatic N) is 1. The molecule has 0 aliphatic heterocycles. The Bertz CT molecular complexity index is 812. The Hall–Kier alpha value is -2.32. The van der Waals surface area contributed by atoms with Gasteiger partial charge in [-0.05, 0) is 37.3 Å². The summed E-state index contributed by atoms with van der Waals surface area (Å²) in [6, 6.07) is 7.53. The number of carbonyl (C=O) groups is 1. The van der Waals surface area contributed by atoms with Crippen molar-refractivity contribution in [2.75, 3.05) is 25.0 Å². The Balaban J connectivity index is 2.41. The van der Waals surface area contributed by atoms with Crippen molar-refractivity contribution >= 4 is 21.6 Å². The van der Waals surface area contributed by atoms with Crippen LogP contribution in [-0.4, -0.2) is 38.3 Å². The highest BCUT2D eigenvalue weighted by atomic mass is 32.2. The lowest BCUT2D eigenvalue weighted by Gasteiger charge is -2.19. The number of benzene rings is 1. The minimum Gasteiger partial charge on any atom is -0.492 e. The number of carbonyl (C=O) groups excluding carboxylic acids is 1. The first-order chi connectivity index (χ1) is 11.9. The van der Waals surface area contributed by atoms with Crippen molar-refractivity contribution in [3.63, 3.8) is 0 Å². The van der Waals surface area contributed by atoms with Crippen molar-refractivity contribution in [3.8, 4) is 5.75 Å². The van der Waals surface area contributed by atoms with Crippen LogP contribution >= 0.6 is 0 Å². The van der Waals surface area contributed by atoms with Crippen molar-refractivity contribution < 1.29 is 22.4 Å². The van der Waals surface area contributed by atoms with Crippen LogP contribution in [0.4, 0.5) is 5.69 Å². The van der Waals surface area contributed by atoms with E-state index in [4.69, 9.17) is 9.15 Å². The maximum Gasteiger partial charge on any atom is 0.291 e. The second-order valence-electron chi connectivity index (χ2n) is 5.11. The zero-order valence-electron chi connectivity index (χ0n) is 14.5. The van der Waals surface area contributed by atoms with Gasteiger partial charge in [0.05, 0.1) is 23.5 Å². The quantitative estimate of drug-likeness (QED) is 0.776. The number of ether oxygens (including phenoxy) is 1. The van der Waals surface area contributed by atoms with Crippen molar-refractivity contribution in [3.05, 3.63) is 42.4 Å². The smallest absolute Gasteiger partial charge is 0.291 e. The van der Waals surface area contributed by atoms with Gasteiger partial charge in [0, 0.05) is 13.1 Å². The molecule has 0 saturated heterocycles. The van der Waals surface area contributed by atoms with Crippen LogP contribution in [0.25, 0.3) is 0 Å². The number of anilines is 1. The second kappa shape index (κ2) is 8.17. The Morgan fingerprint density at radius 3 is 2.48 bits per heavy atom. The van der Waals surface area contributed by atoms with Crippen LogP contribution < -0.4 is 10.1 Å². The highest BCUT2D eigenvalue weighted by molar-refractivity contribution is 7.89. The first-order valence-corrected chi connectivity index (χ1v) is 9.49. The van der Waals surface area contributed by atoms with Crippen LogP contribution in [0, 0.1) is 0 Å². The van der Waals surface area contributed by atoms with Crippen LogP contribution in [0.3, 0.4) is 0 Å². The van der Waals surface area contributed by atoms with E-state index in [-0.39, 0.29) is 16.3 Å². The van der Waals surface area contributed by atoms with E-state index in [1.54, 1.807) is 26.8 Å². The molecule has 0 spiro atoms. The maximum absolute atomic E-state index is 12.7. The Morgan fingerprint density at radius 2 is 1.92 bits per heavy atom. The average Bonchev–Trinajstić information content (AvgIpc) is 3.12. The zero-order chi connectivity index (χ0) is 18.4. The molecule has 1 N–H and O–H groups in total. The Morgan fingerprint density at radius 1 is 1.20 bits per heavy atom. The molecule has 136 valence electrons. The number of amides is 1. The predicted octanol–water partition coefficient (Wildman–Crippen LogP) is 2.96. The molecule has 1 aromatic heterocycles. The third-order valence-electron chi connectivity index (χ3n) is 3.59. The summed E-state index contributed by atoms with van der Waals surface area (Å²) in [6.07, 6.45) is 1.39. The van der Waals surface area contributed by atoms with Gasteiger partial charge in [-0.25, -0.2) is 8.42 Å². The van der Waals surface area contributed by atoms with Gasteiger partial charge in [-0.1, -0.05) is 13.8 Å². The molecule has 1 heterocycles. The summed E-state index contributed by atoms with van der Waals surface area (Å²) >= 11 is 0. The fraction of sp³-hybridized carbons (Fsp3) is 0.353. The minimum atomic E-state index is -3.64. The molecule has 0 saturated carbocycles. The molecule has 0 radical (unpaired) electrons. The molecular weight excluding hydrogens is 344 g/mol. The van der Waals surface area contributed by atoms with Crippen molar-refractivity contribution in [2.24, 2.45) is 0 Å². The standard InChI is InChI=1S/C17H22N2O5S/c1-4-19(5-2)25(21,22)13-9-10-15(23-6-3)14(12-13)18-17(20)16-8-7-11-24-16/h7-12H,4-6H2,1-3H3,(H,18,20). The fourth-order valence-electron chi connectivity index (χ4n) is 2.35. The van der Waals surface area contributed by atoms with Crippen molar-refractivity contribution in [2.45, 2.75) is 25.7 Å². The molecular formula is C17H22N2O5S. The lowest BCUT2D eigenvalue weighted by Crippen LogP contribution is -2.30. The molecule has 2 rings (SSSR count). The van der Waals surface area contributed by atoms with Gasteiger partial charge in [0.25, 0.3) is 5.91 Å². The van der Waals surface area contributed by atoms with Gasteiger partial charge in [0.15, 0.2) is 5.76 Å². The second-order valence-corrected chi connectivity index (χ2v) is 7.05. The molecule has 0 aliphatic rings. The summed E-state index contributed by atoms with van der Waals surface area (Å²) in [4.78, 5) is 12.3. The molecule has 0 unspecified atom stereocenters. The Kier molecular flexibility index (Phi) is 6.22. The molecule has 25 heavy (non-hydrogen) atoms. The fourth-order valence-corrected chi connectivity index (χ4v) is 3.84. The number of hydrogen-bond acceptors (Lipinski definition) is 5. The lowest BCUT2D eigenvalue weighted by atomic mass is 10.2. The van der Waals surface area contributed by atoms with E-state index >= 15 is 0 Å². The lowest BCUT2D eigenvalue weighted by molar-refractivity contribution is 0.0996. The normalized spacial score (nSPS) is 11.5. The summed E-state index contributed by atoms with van der Waals surface area (Å²) in [5, 5.41) is 2.64. The van der Waals surface area contributed by atoms with Crippen LogP contribution in [-0.2, 0) is 10.0 Å². The van der Waals surface area contributed by atoms with E-state index in [1.807, 2.05) is 0 Å². The predicted molar refractivity (Wildman–Crippen MR) is 94.4 cm³/mol. The molecule has 1 amide bonds. The van der Waals surface area contributed by atoms with E-state index < -0.39 is 15.9 Å². The third kappa shape index (κ3) is 4.21. The monoisotopic (exact) mass is 366 g/mol. The van der Waals surface area contributed by atoms with Gasteiger partial charge in [-0.2, -0.15) is 4.31 Å². The number of sulfonamides is 1. The first kappa shape index (κ1) is 19.0. The molecule has 0 atom stereocenters. The van der Waals surface area contributed by atoms with Crippen LogP contribution in [0.5, 0.6) is 5.75 Å². The Labute approximate surface area is 147 Å². The summed E-state index contributed by atoms with van der Waals surface area (Å²) < 4.78 is 37.3. The van der Waals surface area contributed by atoms with Crippen LogP contribution in [0.15, 0.2) is 45.9 Å². The SMILES string of the molecule is CCOc1ccc(S(=O)(=O)N(CC)CC)cc1NC(=O)c1ccco1. The number of furan rings is 1. The maximum atomic E-state index is 12.7.